The number of rotatable bonds is 6. The van der Waals surface area contributed by atoms with Gasteiger partial charge in [-0.25, -0.2) is 4.98 Å². The van der Waals surface area contributed by atoms with E-state index in [0.29, 0.717) is 23.4 Å². The molecule has 6 heteroatoms. The second-order valence-corrected chi connectivity index (χ2v) is 7.17. The fourth-order valence-corrected chi connectivity index (χ4v) is 3.00. The molecule has 0 atom stereocenters. The summed E-state index contributed by atoms with van der Waals surface area (Å²) in [4.78, 5) is 19.3. The van der Waals surface area contributed by atoms with Crippen LogP contribution in [0.15, 0.2) is 22.1 Å². The molecule has 0 unspecified atom stereocenters. The number of nitrogens with zero attached hydrogens (tertiary/aromatic N) is 2. The second-order valence-electron chi connectivity index (χ2n) is 6.37. The molecule has 2 aromatic rings. The molecule has 1 heterocycles. The minimum absolute atomic E-state index is 0.0393. The Kier molecular flexibility index (Phi) is 6.27. The van der Waals surface area contributed by atoms with Crippen LogP contribution in [0.25, 0.3) is 11.3 Å². The molecule has 0 fully saturated rings. The molecule has 132 valence electrons. The summed E-state index contributed by atoms with van der Waals surface area (Å²) in [5.74, 6) is 1.39. The maximum atomic E-state index is 12.2. The highest BCUT2D eigenvalue weighted by Gasteiger charge is 2.18. The van der Waals surface area contributed by atoms with E-state index in [1.165, 1.54) is 11.8 Å². The molecule has 25 heavy (non-hydrogen) atoms. The SMILES string of the molecule is CSc1nc(-c2c(C)cc(OCCC(C)C)cc2C)c(C#N)c(=O)[nH]1. The predicted molar refractivity (Wildman–Crippen MR) is 101 cm³/mol. The van der Waals surface area contributed by atoms with Crippen LogP contribution in [0.4, 0.5) is 0 Å². The molecule has 0 bridgehead atoms. The topological polar surface area (TPSA) is 78.8 Å². The summed E-state index contributed by atoms with van der Waals surface area (Å²) in [6.45, 7) is 8.88. The zero-order valence-corrected chi connectivity index (χ0v) is 16.1. The van der Waals surface area contributed by atoms with Gasteiger partial charge in [0, 0.05) is 5.56 Å². The maximum absolute atomic E-state index is 12.2. The summed E-state index contributed by atoms with van der Waals surface area (Å²) in [5, 5.41) is 9.88. The van der Waals surface area contributed by atoms with Gasteiger partial charge in [-0.3, -0.25) is 4.79 Å². The van der Waals surface area contributed by atoms with Crippen molar-refractivity contribution >= 4 is 11.8 Å². The number of H-pyrrole nitrogens is 1. The minimum atomic E-state index is -0.409. The van der Waals surface area contributed by atoms with Crippen molar-refractivity contribution in [3.8, 4) is 23.1 Å². The fourth-order valence-electron chi connectivity index (χ4n) is 2.63. The molecule has 5 nitrogen and oxygen atoms in total. The van der Waals surface area contributed by atoms with Gasteiger partial charge >= 0.3 is 0 Å². The van der Waals surface area contributed by atoms with E-state index in [-0.39, 0.29) is 5.56 Å². The van der Waals surface area contributed by atoms with Gasteiger partial charge in [0.15, 0.2) is 5.16 Å². The minimum Gasteiger partial charge on any atom is -0.494 e. The van der Waals surface area contributed by atoms with Crippen LogP contribution in [0.5, 0.6) is 5.75 Å². The lowest BCUT2D eigenvalue weighted by Crippen LogP contribution is -2.15. The van der Waals surface area contributed by atoms with E-state index in [9.17, 15) is 10.1 Å². The molecule has 0 saturated heterocycles. The van der Waals surface area contributed by atoms with Crippen molar-refractivity contribution in [3.05, 3.63) is 39.2 Å². The average Bonchev–Trinajstić information content (AvgIpc) is 2.53. The molecule has 0 amide bonds. The van der Waals surface area contributed by atoms with E-state index in [4.69, 9.17) is 4.74 Å². The Morgan fingerprint density at radius 3 is 2.48 bits per heavy atom. The zero-order chi connectivity index (χ0) is 18.6. The number of ether oxygens (including phenoxy) is 1. The molecule has 0 radical (unpaired) electrons. The number of aryl methyl sites for hydroxylation is 2. The van der Waals surface area contributed by atoms with Crippen LogP contribution in [0.3, 0.4) is 0 Å². The lowest BCUT2D eigenvalue weighted by Gasteiger charge is -2.15. The highest BCUT2D eigenvalue weighted by Crippen LogP contribution is 2.31. The first-order chi connectivity index (χ1) is 11.9. The third kappa shape index (κ3) is 4.43. The number of nitriles is 1. The summed E-state index contributed by atoms with van der Waals surface area (Å²) in [6.07, 6.45) is 2.82. The highest BCUT2D eigenvalue weighted by atomic mass is 32.2. The highest BCUT2D eigenvalue weighted by molar-refractivity contribution is 7.98. The zero-order valence-electron chi connectivity index (χ0n) is 15.3. The van der Waals surface area contributed by atoms with E-state index >= 15 is 0 Å². The first-order valence-electron chi connectivity index (χ1n) is 8.20. The van der Waals surface area contributed by atoms with Gasteiger partial charge in [0.2, 0.25) is 0 Å². The molecule has 0 aliphatic rings. The summed E-state index contributed by atoms with van der Waals surface area (Å²) >= 11 is 1.34. The first kappa shape index (κ1) is 19.1. The van der Waals surface area contributed by atoms with Gasteiger partial charge < -0.3 is 9.72 Å². The number of aromatic amines is 1. The molecule has 0 aliphatic carbocycles. The molecule has 1 N–H and O–H groups in total. The maximum Gasteiger partial charge on any atom is 0.270 e. The average molecular weight is 357 g/mol. The van der Waals surface area contributed by atoms with E-state index in [0.717, 1.165) is 28.9 Å². The third-order valence-corrected chi connectivity index (χ3v) is 4.49. The Labute approximate surface area is 152 Å². The van der Waals surface area contributed by atoms with Gasteiger partial charge in [-0.2, -0.15) is 5.26 Å². The fraction of sp³-hybridized carbons (Fsp3) is 0.421. The molecule has 1 aromatic carbocycles. The number of benzene rings is 1. The predicted octanol–water partition coefficient (Wildman–Crippen LogP) is 4.07. The number of aromatic nitrogens is 2. The quantitative estimate of drug-likeness (QED) is 0.623. The Bertz CT molecular complexity index is 843. The number of hydrogen-bond donors (Lipinski definition) is 1. The molecule has 0 spiro atoms. The molecule has 0 saturated carbocycles. The summed E-state index contributed by atoms with van der Waals surface area (Å²) in [5.41, 5.74) is 2.74. The van der Waals surface area contributed by atoms with Crippen molar-refractivity contribution in [2.75, 3.05) is 12.9 Å². The molecule has 0 aliphatic heterocycles. The van der Waals surface area contributed by atoms with Crippen molar-refractivity contribution in [1.29, 1.82) is 5.26 Å². The molecular formula is C19H23N3O2S. The Hall–Kier alpha value is -2.26. The smallest absolute Gasteiger partial charge is 0.270 e. The second kappa shape index (κ2) is 8.21. The lowest BCUT2D eigenvalue weighted by atomic mass is 9.97. The van der Waals surface area contributed by atoms with Crippen molar-refractivity contribution in [1.82, 2.24) is 9.97 Å². The monoisotopic (exact) mass is 357 g/mol. The van der Waals surface area contributed by atoms with Crippen LogP contribution in [-0.4, -0.2) is 22.8 Å². The number of thioether (sulfide) groups is 1. The molecule has 1 aromatic heterocycles. The van der Waals surface area contributed by atoms with E-state index in [2.05, 4.69) is 23.8 Å². The van der Waals surface area contributed by atoms with Crippen molar-refractivity contribution in [2.24, 2.45) is 5.92 Å². The van der Waals surface area contributed by atoms with E-state index in [1.807, 2.05) is 38.3 Å². The summed E-state index contributed by atoms with van der Waals surface area (Å²) in [6, 6.07) is 5.85. The largest absolute Gasteiger partial charge is 0.494 e. The van der Waals surface area contributed by atoms with Crippen LogP contribution in [0.1, 0.15) is 37.0 Å². The van der Waals surface area contributed by atoms with Gasteiger partial charge in [-0.15, -0.1) is 0 Å². The molecular weight excluding hydrogens is 334 g/mol. The number of hydrogen-bond acceptors (Lipinski definition) is 5. The summed E-state index contributed by atoms with van der Waals surface area (Å²) < 4.78 is 5.84. The van der Waals surface area contributed by atoms with Crippen molar-refractivity contribution in [2.45, 2.75) is 39.3 Å². The van der Waals surface area contributed by atoms with Gasteiger partial charge in [0.05, 0.1) is 12.3 Å². The standard InChI is InChI=1S/C19H23N3O2S/c1-11(2)6-7-24-14-8-12(3)16(13(4)9-14)17-15(10-20)18(23)22-19(21-17)25-5/h8-9,11H,6-7H2,1-5H3,(H,21,22,23). The van der Waals surface area contributed by atoms with Crippen LogP contribution in [0.2, 0.25) is 0 Å². The van der Waals surface area contributed by atoms with Crippen molar-refractivity contribution < 1.29 is 4.74 Å². The first-order valence-corrected chi connectivity index (χ1v) is 9.42. The Morgan fingerprint density at radius 2 is 1.96 bits per heavy atom. The van der Waals surface area contributed by atoms with Crippen LogP contribution >= 0.6 is 11.8 Å². The van der Waals surface area contributed by atoms with Gasteiger partial charge in [0.25, 0.3) is 5.56 Å². The van der Waals surface area contributed by atoms with Gasteiger partial charge in [-0.1, -0.05) is 25.6 Å². The molecule has 2 rings (SSSR count). The third-order valence-electron chi connectivity index (χ3n) is 3.91. The Morgan fingerprint density at radius 1 is 1.32 bits per heavy atom. The summed E-state index contributed by atoms with van der Waals surface area (Å²) in [7, 11) is 0. The lowest BCUT2D eigenvalue weighted by molar-refractivity contribution is 0.289. The van der Waals surface area contributed by atoms with Crippen LogP contribution < -0.4 is 10.3 Å². The van der Waals surface area contributed by atoms with Gasteiger partial charge in [0.1, 0.15) is 17.4 Å². The van der Waals surface area contributed by atoms with Crippen molar-refractivity contribution in [3.63, 3.8) is 0 Å². The van der Waals surface area contributed by atoms with E-state index < -0.39 is 5.56 Å². The van der Waals surface area contributed by atoms with E-state index in [1.54, 1.807) is 0 Å². The van der Waals surface area contributed by atoms with Gasteiger partial charge in [-0.05, 0) is 55.7 Å². The number of nitrogens with one attached hydrogen (secondary N) is 1. The van der Waals surface area contributed by atoms with Crippen LogP contribution in [-0.2, 0) is 0 Å². The normalized spacial score (nSPS) is 10.8. The Balaban J connectivity index is 2.49. The van der Waals surface area contributed by atoms with Crippen LogP contribution in [0, 0.1) is 31.1 Å².